The van der Waals surface area contributed by atoms with E-state index in [-0.39, 0.29) is 6.54 Å². The van der Waals surface area contributed by atoms with E-state index in [2.05, 4.69) is 4.98 Å². The fraction of sp³-hybridized carbons (Fsp3) is 0.643. The molecule has 3 nitrogen and oxygen atoms in total. The number of aromatic nitrogens is 1. The predicted octanol–water partition coefficient (Wildman–Crippen LogP) is 3.78. The maximum Gasteiger partial charge on any atom is 0.390 e. The summed E-state index contributed by atoms with van der Waals surface area (Å²) in [7, 11) is 0. The second-order valence-electron chi connectivity index (χ2n) is 5.27. The molecule has 0 N–H and O–H groups in total. The number of alkyl halides is 3. The van der Waals surface area contributed by atoms with E-state index < -0.39 is 12.6 Å². The van der Waals surface area contributed by atoms with E-state index in [4.69, 9.17) is 16.3 Å². The van der Waals surface area contributed by atoms with Gasteiger partial charge in [-0.15, -0.1) is 0 Å². The van der Waals surface area contributed by atoms with Gasteiger partial charge in [-0.2, -0.15) is 13.2 Å². The Hall–Kier alpha value is -1.01. The molecule has 1 aliphatic rings. The number of hydrogen-bond acceptors (Lipinski definition) is 3. The fourth-order valence-electron chi connectivity index (χ4n) is 2.35. The summed E-state index contributed by atoms with van der Waals surface area (Å²) in [6.45, 7) is 2.01. The van der Waals surface area contributed by atoms with Crippen LogP contribution in [0.15, 0.2) is 18.5 Å². The topological polar surface area (TPSA) is 25.4 Å². The van der Waals surface area contributed by atoms with Crippen LogP contribution in [-0.4, -0.2) is 42.3 Å². The SMILES string of the molecule is FC(F)(F)CCN1CCC(COc2ccncc2Cl)CC1. The number of nitrogens with zero attached hydrogens (tertiary/aromatic N) is 2. The third-order valence-electron chi connectivity index (χ3n) is 3.63. The second-order valence-corrected chi connectivity index (χ2v) is 5.67. The van der Waals surface area contributed by atoms with Crippen molar-refractivity contribution >= 4 is 11.6 Å². The van der Waals surface area contributed by atoms with Gasteiger partial charge in [-0.05, 0) is 31.8 Å². The van der Waals surface area contributed by atoms with E-state index in [1.54, 1.807) is 12.3 Å². The first-order chi connectivity index (χ1) is 9.94. The monoisotopic (exact) mass is 322 g/mol. The van der Waals surface area contributed by atoms with Crippen molar-refractivity contribution in [3.05, 3.63) is 23.5 Å². The minimum atomic E-state index is -4.07. The van der Waals surface area contributed by atoms with E-state index >= 15 is 0 Å². The Morgan fingerprint density at radius 1 is 1.33 bits per heavy atom. The molecule has 1 aliphatic heterocycles. The molecular formula is C14H18ClF3N2O. The van der Waals surface area contributed by atoms with Crippen LogP contribution < -0.4 is 4.74 Å². The Labute approximate surface area is 127 Å². The van der Waals surface area contributed by atoms with E-state index in [0.29, 0.717) is 36.4 Å². The van der Waals surface area contributed by atoms with Gasteiger partial charge in [-0.25, -0.2) is 0 Å². The smallest absolute Gasteiger partial charge is 0.390 e. The fourth-order valence-corrected chi connectivity index (χ4v) is 2.52. The normalized spacial score (nSPS) is 17.9. The molecular weight excluding hydrogens is 305 g/mol. The minimum absolute atomic E-state index is 0.0905. The molecule has 0 aromatic carbocycles. The molecule has 0 atom stereocenters. The van der Waals surface area contributed by atoms with E-state index in [9.17, 15) is 13.2 Å². The van der Waals surface area contributed by atoms with Crippen molar-refractivity contribution in [2.75, 3.05) is 26.2 Å². The zero-order chi connectivity index (χ0) is 15.3. The third-order valence-corrected chi connectivity index (χ3v) is 3.91. The highest BCUT2D eigenvalue weighted by Crippen LogP contribution is 2.25. The summed E-state index contributed by atoms with van der Waals surface area (Å²) >= 11 is 5.95. The molecule has 0 aliphatic carbocycles. The van der Waals surface area contributed by atoms with Crippen LogP contribution in [0.1, 0.15) is 19.3 Å². The van der Waals surface area contributed by atoms with Crippen molar-refractivity contribution in [2.45, 2.75) is 25.4 Å². The summed E-state index contributed by atoms with van der Waals surface area (Å²) in [5, 5.41) is 0.472. The average Bonchev–Trinajstić information content (AvgIpc) is 2.45. The quantitative estimate of drug-likeness (QED) is 0.825. The van der Waals surface area contributed by atoms with Crippen molar-refractivity contribution in [2.24, 2.45) is 5.92 Å². The number of hydrogen-bond donors (Lipinski definition) is 0. The van der Waals surface area contributed by atoms with Gasteiger partial charge in [0.2, 0.25) is 0 Å². The molecule has 0 amide bonds. The Morgan fingerprint density at radius 2 is 2.05 bits per heavy atom. The highest BCUT2D eigenvalue weighted by atomic mass is 35.5. The van der Waals surface area contributed by atoms with Crippen LogP contribution in [-0.2, 0) is 0 Å². The van der Waals surface area contributed by atoms with Crippen molar-refractivity contribution in [3.8, 4) is 5.75 Å². The number of rotatable bonds is 5. The molecule has 1 fully saturated rings. The summed E-state index contributed by atoms with van der Waals surface area (Å²) in [6, 6.07) is 1.71. The van der Waals surface area contributed by atoms with Crippen molar-refractivity contribution in [1.29, 1.82) is 0 Å². The van der Waals surface area contributed by atoms with Gasteiger partial charge in [0.05, 0.1) is 13.0 Å². The van der Waals surface area contributed by atoms with Gasteiger partial charge < -0.3 is 9.64 Å². The van der Waals surface area contributed by atoms with Gasteiger partial charge >= 0.3 is 6.18 Å². The Balaban J connectivity index is 1.69. The largest absolute Gasteiger partial charge is 0.492 e. The summed E-state index contributed by atoms with van der Waals surface area (Å²) in [4.78, 5) is 5.74. The summed E-state index contributed by atoms with van der Waals surface area (Å²) in [6.07, 6.45) is 0.0253. The molecule has 0 spiro atoms. The van der Waals surface area contributed by atoms with Crippen LogP contribution in [0.4, 0.5) is 13.2 Å². The van der Waals surface area contributed by atoms with Crippen LogP contribution in [0.2, 0.25) is 5.02 Å². The predicted molar refractivity (Wildman–Crippen MR) is 74.6 cm³/mol. The molecule has 1 saturated heterocycles. The first kappa shape index (κ1) is 16.4. The van der Waals surface area contributed by atoms with Crippen molar-refractivity contribution in [1.82, 2.24) is 9.88 Å². The van der Waals surface area contributed by atoms with E-state index in [1.165, 1.54) is 6.20 Å². The van der Waals surface area contributed by atoms with Gasteiger partial charge in [0.15, 0.2) is 0 Å². The Morgan fingerprint density at radius 3 is 2.67 bits per heavy atom. The zero-order valence-electron chi connectivity index (χ0n) is 11.6. The van der Waals surface area contributed by atoms with E-state index in [0.717, 1.165) is 12.8 Å². The minimum Gasteiger partial charge on any atom is -0.492 e. The lowest BCUT2D eigenvalue weighted by atomic mass is 9.97. The Kier molecular flexibility index (Phi) is 5.70. The van der Waals surface area contributed by atoms with Crippen molar-refractivity contribution < 1.29 is 17.9 Å². The lowest BCUT2D eigenvalue weighted by Gasteiger charge is -2.32. The number of likely N-dealkylation sites (tertiary alicyclic amines) is 1. The zero-order valence-corrected chi connectivity index (χ0v) is 12.3. The molecule has 0 radical (unpaired) electrons. The summed E-state index contributed by atoms with van der Waals surface area (Å²) < 4.78 is 42.2. The van der Waals surface area contributed by atoms with Crippen LogP contribution in [0, 0.1) is 5.92 Å². The molecule has 0 saturated carbocycles. The molecule has 1 aromatic rings. The molecule has 21 heavy (non-hydrogen) atoms. The van der Waals surface area contributed by atoms with Gasteiger partial charge in [0, 0.05) is 25.0 Å². The number of pyridine rings is 1. The molecule has 0 bridgehead atoms. The molecule has 2 rings (SSSR count). The maximum atomic E-state index is 12.2. The molecule has 7 heteroatoms. The number of halogens is 4. The standard InChI is InChI=1S/C14H18ClF3N2O/c15-12-9-19-5-1-13(12)21-10-11-2-6-20(7-3-11)8-4-14(16,17)18/h1,5,9,11H,2-4,6-8,10H2. The van der Waals surface area contributed by atoms with Crippen LogP contribution in [0.5, 0.6) is 5.75 Å². The molecule has 118 valence electrons. The highest BCUT2D eigenvalue weighted by molar-refractivity contribution is 6.31. The van der Waals surface area contributed by atoms with Crippen molar-refractivity contribution in [3.63, 3.8) is 0 Å². The average molecular weight is 323 g/mol. The summed E-state index contributed by atoms with van der Waals surface area (Å²) in [5.74, 6) is 0.961. The molecule has 1 aromatic heterocycles. The Bertz CT molecular complexity index is 448. The van der Waals surface area contributed by atoms with Gasteiger partial charge in [-0.1, -0.05) is 11.6 Å². The molecule has 2 heterocycles. The van der Waals surface area contributed by atoms with Gasteiger partial charge in [0.25, 0.3) is 0 Å². The van der Waals surface area contributed by atoms with Gasteiger partial charge in [0.1, 0.15) is 10.8 Å². The van der Waals surface area contributed by atoms with Gasteiger partial charge in [-0.3, -0.25) is 4.98 Å². The second kappa shape index (κ2) is 7.31. The molecule has 0 unspecified atom stereocenters. The first-order valence-corrected chi connectivity index (χ1v) is 7.33. The number of piperidine rings is 1. The summed E-state index contributed by atoms with van der Waals surface area (Å²) in [5.41, 5.74) is 0. The first-order valence-electron chi connectivity index (χ1n) is 6.95. The van der Waals surface area contributed by atoms with E-state index in [1.807, 2.05) is 4.90 Å². The van der Waals surface area contributed by atoms with Crippen LogP contribution in [0.25, 0.3) is 0 Å². The lowest BCUT2D eigenvalue weighted by molar-refractivity contribution is -0.138. The number of ether oxygens (including phenoxy) is 1. The van der Waals surface area contributed by atoms with Crippen LogP contribution >= 0.6 is 11.6 Å². The lowest BCUT2D eigenvalue weighted by Crippen LogP contribution is -2.37. The van der Waals surface area contributed by atoms with Crippen LogP contribution in [0.3, 0.4) is 0 Å². The highest BCUT2D eigenvalue weighted by Gasteiger charge is 2.29. The third kappa shape index (κ3) is 5.71. The maximum absolute atomic E-state index is 12.2.